The molecule has 0 radical (unpaired) electrons. The van der Waals surface area contributed by atoms with Crippen molar-refractivity contribution in [3.63, 3.8) is 0 Å². The third-order valence-corrected chi connectivity index (χ3v) is 4.73. The molecular formula is C19H30N4O2. The first-order valence-electron chi connectivity index (χ1n) is 8.89. The minimum Gasteiger partial charge on any atom is -0.380 e. The first-order valence-corrected chi connectivity index (χ1v) is 8.89. The Morgan fingerprint density at radius 1 is 1.28 bits per heavy atom. The van der Waals surface area contributed by atoms with Gasteiger partial charge >= 0.3 is 0 Å². The molecule has 0 spiro atoms. The highest BCUT2D eigenvalue weighted by atomic mass is 16.5. The second-order valence-electron chi connectivity index (χ2n) is 6.41. The fourth-order valence-corrected chi connectivity index (χ4v) is 3.25. The summed E-state index contributed by atoms with van der Waals surface area (Å²) in [6.45, 7) is 3.20. The van der Waals surface area contributed by atoms with Crippen LogP contribution in [0.15, 0.2) is 29.3 Å². The standard InChI is InChI=1S/C19H30N4O2/c1-20-18(24)12-15-8-10-23(11-9-15)19(21-2)22-13-16-6-4-5-7-17(16)14-25-3/h4-7,15H,8-14H2,1-3H3,(H,20,24)(H,21,22). The quantitative estimate of drug-likeness (QED) is 0.608. The van der Waals surface area contributed by atoms with E-state index < -0.39 is 0 Å². The molecule has 2 rings (SSSR count). The third kappa shape index (κ3) is 5.74. The minimum atomic E-state index is 0.135. The van der Waals surface area contributed by atoms with Gasteiger partial charge in [0.2, 0.25) is 5.91 Å². The molecule has 0 aromatic heterocycles. The second kappa shape index (κ2) is 10.0. The number of methoxy groups -OCH3 is 1. The maximum absolute atomic E-state index is 11.5. The van der Waals surface area contributed by atoms with Crippen LogP contribution in [0.4, 0.5) is 0 Å². The summed E-state index contributed by atoms with van der Waals surface area (Å²) in [5.74, 6) is 1.53. The molecule has 0 unspecified atom stereocenters. The van der Waals surface area contributed by atoms with Crippen LogP contribution in [0, 0.1) is 5.92 Å². The van der Waals surface area contributed by atoms with Gasteiger partial charge in [-0.05, 0) is 29.9 Å². The predicted molar refractivity (Wildman–Crippen MR) is 100 cm³/mol. The summed E-state index contributed by atoms with van der Waals surface area (Å²) in [5, 5.41) is 6.17. The average molecular weight is 346 g/mol. The van der Waals surface area contributed by atoms with Crippen LogP contribution in [0.3, 0.4) is 0 Å². The maximum Gasteiger partial charge on any atom is 0.220 e. The Morgan fingerprint density at radius 2 is 1.96 bits per heavy atom. The second-order valence-corrected chi connectivity index (χ2v) is 6.41. The smallest absolute Gasteiger partial charge is 0.220 e. The number of rotatable bonds is 6. The lowest BCUT2D eigenvalue weighted by Gasteiger charge is -2.34. The summed E-state index contributed by atoms with van der Waals surface area (Å²) in [7, 11) is 5.23. The molecule has 25 heavy (non-hydrogen) atoms. The van der Waals surface area contributed by atoms with E-state index in [2.05, 4.69) is 32.7 Å². The van der Waals surface area contributed by atoms with E-state index in [0.717, 1.165) is 38.4 Å². The van der Waals surface area contributed by atoms with Crippen molar-refractivity contribution in [1.29, 1.82) is 0 Å². The van der Waals surface area contributed by atoms with Crippen molar-refractivity contribution in [2.24, 2.45) is 10.9 Å². The van der Waals surface area contributed by atoms with E-state index in [1.165, 1.54) is 11.1 Å². The molecule has 138 valence electrons. The van der Waals surface area contributed by atoms with Crippen molar-refractivity contribution in [3.05, 3.63) is 35.4 Å². The number of nitrogens with one attached hydrogen (secondary N) is 2. The van der Waals surface area contributed by atoms with Crippen molar-refractivity contribution in [3.8, 4) is 0 Å². The van der Waals surface area contributed by atoms with Gasteiger partial charge in [0.25, 0.3) is 0 Å². The summed E-state index contributed by atoms with van der Waals surface area (Å²) < 4.78 is 5.27. The number of hydrogen-bond donors (Lipinski definition) is 2. The molecule has 6 heteroatoms. The fourth-order valence-electron chi connectivity index (χ4n) is 3.25. The highest BCUT2D eigenvalue weighted by molar-refractivity contribution is 5.80. The molecule has 1 heterocycles. The lowest BCUT2D eigenvalue weighted by atomic mass is 9.93. The van der Waals surface area contributed by atoms with Gasteiger partial charge < -0.3 is 20.3 Å². The number of guanidine groups is 1. The lowest BCUT2D eigenvalue weighted by molar-refractivity contribution is -0.121. The van der Waals surface area contributed by atoms with Crippen molar-refractivity contribution in [2.75, 3.05) is 34.3 Å². The number of nitrogens with zero attached hydrogens (tertiary/aromatic N) is 2. The number of aliphatic imine (C=N–C) groups is 1. The zero-order valence-corrected chi connectivity index (χ0v) is 15.5. The van der Waals surface area contributed by atoms with Gasteiger partial charge in [0.05, 0.1) is 6.61 Å². The number of likely N-dealkylation sites (tertiary alicyclic amines) is 1. The Bertz CT molecular complexity index is 581. The highest BCUT2D eigenvalue weighted by Gasteiger charge is 2.23. The summed E-state index contributed by atoms with van der Waals surface area (Å²) in [4.78, 5) is 18.2. The van der Waals surface area contributed by atoms with Crippen LogP contribution >= 0.6 is 0 Å². The van der Waals surface area contributed by atoms with E-state index >= 15 is 0 Å². The van der Waals surface area contributed by atoms with E-state index in [0.29, 0.717) is 18.9 Å². The summed E-state index contributed by atoms with van der Waals surface area (Å²) >= 11 is 0. The molecule has 0 aliphatic carbocycles. The Morgan fingerprint density at radius 3 is 2.56 bits per heavy atom. The van der Waals surface area contributed by atoms with Crippen molar-refractivity contribution in [2.45, 2.75) is 32.4 Å². The summed E-state index contributed by atoms with van der Waals surface area (Å²) in [6.07, 6.45) is 2.67. The Hall–Kier alpha value is -2.08. The number of ether oxygens (including phenoxy) is 1. The number of hydrogen-bond acceptors (Lipinski definition) is 3. The number of piperidine rings is 1. The maximum atomic E-state index is 11.5. The van der Waals surface area contributed by atoms with Crippen LogP contribution in [0.2, 0.25) is 0 Å². The molecule has 1 aromatic carbocycles. The first-order chi connectivity index (χ1) is 12.2. The normalized spacial score (nSPS) is 16.0. The fraction of sp³-hybridized carbons (Fsp3) is 0.579. The first kappa shape index (κ1) is 19.2. The number of carbonyl (C=O) groups is 1. The van der Waals surface area contributed by atoms with E-state index in [1.807, 2.05) is 19.2 Å². The van der Waals surface area contributed by atoms with Crippen LogP contribution in [0.1, 0.15) is 30.4 Å². The van der Waals surface area contributed by atoms with Gasteiger partial charge in [-0.3, -0.25) is 9.79 Å². The van der Waals surface area contributed by atoms with Gasteiger partial charge in [0.1, 0.15) is 0 Å². The molecule has 1 aromatic rings. The Kier molecular flexibility index (Phi) is 7.73. The molecule has 0 atom stereocenters. The van der Waals surface area contributed by atoms with Gasteiger partial charge in [-0.1, -0.05) is 24.3 Å². The van der Waals surface area contributed by atoms with E-state index in [9.17, 15) is 4.79 Å². The van der Waals surface area contributed by atoms with Crippen LogP contribution in [0.5, 0.6) is 0 Å². The van der Waals surface area contributed by atoms with Gasteiger partial charge in [-0.2, -0.15) is 0 Å². The van der Waals surface area contributed by atoms with Crippen molar-refractivity contribution < 1.29 is 9.53 Å². The zero-order chi connectivity index (χ0) is 18.1. The molecule has 1 aliphatic heterocycles. The van der Waals surface area contributed by atoms with Crippen LogP contribution in [0.25, 0.3) is 0 Å². The van der Waals surface area contributed by atoms with Crippen LogP contribution < -0.4 is 10.6 Å². The van der Waals surface area contributed by atoms with Gasteiger partial charge in [0.15, 0.2) is 5.96 Å². The summed E-state index contributed by atoms with van der Waals surface area (Å²) in [5.41, 5.74) is 2.41. The SMILES string of the molecule is CN=C(NCc1ccccc1COC)N1CCC(CC(=O)NC)CC1. The molecule has 0 bridgehead atoms. The molecule has 1 amide bonds. The number of carbonyl (C=O) groups excluding carboxylic acids is 1. The van der Waals surface area contributed by atoms with E-state index in [4.69, 9.17) is 4.74 Å². The van der Waals surface area contributed by atoms with Crippen LogP contribution in [-0.4, -0.2) is 51.1 Å². The molecule has 0 saturated carbocycles. The van der Waals surface area contributed by atoms with Crippen LogP contribution in [-0.2, 0) is 22.7 Å². The summed E-state index contributed by atoms with van der Waals surface area (Å²) in [6, 6.07) is 8.28. The Balaban J connectivity index is 1.87. The van der Waals surface area contributed by atoms with E-state index in [-0.39, 0.29) is 5.91 Å². The molecular weight excluding hydrogens is 316 g/mol. The van der Waals surface area contributed by atoms with Crippen molar-refractivity contribution in [1.82, 2.24) is 15.5 Å². The molecule has 2 N–H and O–H groups in total. The molecule has 6 nitrogen and oxygen atoms in total. The lowest BCUT2D eigenvalue weighted by Crippen LogP contribution is -2.45. The monoisotopic (exact) mass is 346 g/mol. The average Bonchev–Trinajstić information content (AvgIpc) is 2.65. The van der Waals surface area contributed by atoms with E-state index in [1.54, 1.807) is 14.2 Å². The highest BCUT2D eigenvalue weighted by Crippen LogP contribution is 2.20. The number of amides is 1. The zero-order valence-electron chi connectivity index (χ0n) is 15.5. The third-order valence-electron chi connectivity index (χ3n) is 4.73. The molecule has 1 saturated heterocycles. The van der Waals surface area contributed by atoms with Gasteiger partial charge in [0, 0.05) is 47.3 Å². The topological polar surface area (TPSA) is 66.0 Å². The molecule has 1 aliphatic rings. The molecule has 1 fully saturated rings. The largest absolute Gasteiger partial charge is 0.380 e. The van der Waals surface area contributed by atoms with Gasteiger partial charge in [-0.25, -0.2) is 0 Å². The number of benzene rings is 1. The minimum absolute atomic E-state index is 0.135. The Labute approximate surface area is 150 Å². The van der Waals surface area contributed by atoms with Gasteiger partial charge in [-0.15, -0.1) is 0 Å². The van der Waals surface area contributed by atoms with Crippen molar-refractivity contribution >= 4 is 11.9 Å². The predicted octanol–water partition coefficient (Wildman–Crippen LogP) is 1.76.